The molecule has 6 nitrogen and oxygen atoms in total. The van der Waals surface area contributed by atoms with Crippen molar-refractivity contribution in [1.29, 1.82) is 0 Å². The second kappa shape index (κ2) is 6.57. The first-order valence-electron chi connectivity index (χ1n) is 8.09. The SMILES string of the molecule is COc1ccc(C)cc1-c1csc2ncn(CC(C)(C)C(=O)O)c(=O)c12. The molecule has 3 rings (SSSR count). The summed E-state index contributed by atoms with van der Waals surface area (Å²) in [4.78, 5) is 29.5. The maximum Gasteiger partial charge on any atom is 0.310 e. The fraction of sp³-hybridized carbons (Fsp3) is 0.316. The monoisotopic (exact) mass is 372 g/mol. The van der Waals surface area contributed by atoms with Gasteiger partial charge in [0.05, 0.1) is 24.2 Å². The Labute approximate surface area is 154 Å². The number of carboxylic acid groups (broad SMARTS) is 1. The first kappa shape index (κ1) is 18.1. The highest BCUT2D eigenvalue weighted by Gasteiger charge is 2.29. The Balaban J connectivity index is 2.22. The summed E-state index contributed by atoms with van der Waals surface area (Å²) in [5, 5.41) is 11.7. The van der Waals surface area contributed by atoms with Crippen molar-refractivity contribution in [3.8, 4) is 16.9 Å². The number of methoxy groups -OCH3 is 1. The van der Waals surface area contributed by atoms with E-state index in [0.717, 1.165) is 16.7 Å². The van der Waals surface area contributed by atoms with Gasteiger partial charge in [0.1, 0.15) is 10.6 Å². The lowest BCUT2D eigenvalue weighted by atomic mass is 9.94. The van der Waals surface area contributed by atoms with Crippen molar-refractivity contribution in [3.05, 3.63) is 45.8 Å². The van der Waals surface area contributed by atoms with Crippen LogP contribution in [0.15, 0.2) is 34.7 Å². The van der Waals surface area contributed by atoms with Gasteiger partial charge in [-0.1, -0.05) is 11.6 Å². The van der Waals surface area contributed by atoms with Crippen LogP contribution < -0.4 is 10.3 Å². The first-order valence-corrected chi connectivity index (χ1v) is 8.97. The van der Waals surface area contributed by atoms with Gasteiger partial charge in [0.15, 0.2) is 0 Å². The van der Waals surface area contributed by atoms with Crippen molar-refractivity contribution >= 4 is 27.5 Å². The summed E-state index contributed by atoms with van der Waals surface area (Å²) in [7, 11) is 1.59. The van der Waals surface area contributed by atoms with Gasteiger partial charge in [-0.25, -0.2) is 4.98 Å². The molecule has 0 radical (unpaired) electrons. The van der Waals surface area contributed by atoms with Crippen molar-refractivity contribution in [3.63, 3.8) is 0 Å². The molecule has 7 heteroatoms. The molecule has 2 aromatic heterocycles. The number of ether oxygens (including phenoxy) is 1. The minimum absolute atomic E-state index is 0.0460. The molecule has 3 aromatic rings. The Morgan fingerprint density at radius 2 is 2.08 bits per heavy atom. The second-order valence-corrected chi connectivity index (χ2v) is 7.76. The molecule has 0 amide bonds. The highest BCUT2D eigenvalue weighted by atomic mass is 32.1. The van der Waals surface area contributed by atoms with E-state index in [1.165, 1.54) is 22.2 Å². The molecule has 0 saturated carbocycles. The zero-order chi connectivity index (χ0) is 19.1. The average Bonchev–Trinajstić information content (AvgIpc) is 3.01. The predicted molar refractivity (Wildman–Crippen MR) is 102 cm³/mol. The van der Waals surface area contributed by atoms with E-state index in [1.54, 1.807) is 21.0 Å². The minimum atomic E-state index is -1.07. The van der Waals surface area contributed by atoms with Crippen LogP contribution in [0, 0.1) is 12.3 Å². The fourth-order valence-corrected chi connectivity index (χ4v) is 3.70. The van der Waals surface area contributed by atoms with Crippen LogP contribution in [0.5, 0.6) is 5.75 Å². The Morgan fingerprint density at radius 1 is 1.35 bits per heavy atom. The van der Waals surface area contributed by atoms with Crippen molar-refractivity contribution in [1.82, 2.24) is 9.55 Å². The molecule has 26 heavy (non-hydrogen) atoms. The number of benzene rings is 1. The molecule has 2 heterocycles. The van der Waals surface area contributed by atoms with Crippen molar-refractivity contribution in [2.75, 3.05) is 7.11 Å². The highest BCUT2D eigenvalue weighted by Crippen LogP contribution is 2.37. The molecular weight excluding hydrogens is 352 g/mol. The van der Waals surface area contributed by atoms with Crippen LogP contribution in [0.3, 0.4) is 0 Å². The Hall–Kier alpha value is -2.67. The van der Waals surface area contributed by atoms with Crippen molar-refractivity contribution < 1.29 is 14.6 Å². The minimum Gasteiger partial charge on any atom is -0.496 e. The van der Waals surface area contributed by atoms with Crippen molar-refractivity contribution in [2.45, 2.75) is 27.3 Å². The Morgan fingerprint density at radius 3 is 2.73 bits per heavy atom. The van der Waals surface area contributed by atoms with Gasteiger partial charge in [0.2, 0.25) is 0 Å². The molecule has 0 aliphatic heterocycles. The van der Waals surface area contributed by atoms with Gasteiger partial charge in [-0.2, -0.15) is 0 Å². The Bertz CT molecular complexity index is 1050. The molecule has 1 aromatic carbocycles. The van der Waals surface area contributed by atoms with Crippen LogP contribution in [0.25, 0.3) is 21.3 Å². The number of aliphatic carboxylic acids is 1. The first-order chi connectivity index (χ1) is 12.2. The molecule has 0 fully saturated rings. The number of aromatic nitrogens is 2. The lowest BCUT2D eigenvalue weighted by Crippen LogP contribution is -2.34. The number of fused-ring (bicyclic) bond motifs is 1. The number of hydrogen-bond acceptors (Lipinski definition) is 5. The third-order valence-electron chi connectivity index (χ3n) is 4.35. The van der Waals surface area contributed by atoms with Gasteiger partial charge in [-0.15, -0.1) is 11.3 Å². The van der Waals surface area contributed by atoms with Gasteiger partial charge >= 0.3 is 5.97 Å². The zero-order valence-corrected chi connectivity index (χ0v) is 15.9. The molecule has 0 aliphatic rings. The normalized spacial score (nSPS) is 11.7. The maximum absolute atomic E-state index is 13.1. The second-order valence-electron chi connectivity index (χ2n) is 6.90. The van der Waals surface area contributed by atoms with Gasteiger partial charge in [0.25, 0.3) is 5.56 Å². The fourth-order valence-electron chi connectivity index (χ4n) is 2.80. The predicted octanol–water partition coefficient (Wildman–Crippen LogP) is 3.55. The number of carboxylic acids is 1. The lowest BCUT2D eigenvalue weighted by Gasteiger charge is -2.20. The van der Waals surface area contributed by atoms with Crippen LogP contribution in [0.4, 0.5) is 0 Å². The number of nitrogens with zero attached hydrogens (tertiary/aromatic N) is 2. The van der Waals surface area contributed by atoms with E-state index in [1.807, 2.05) is 30.5 Å². The van der Waals surface area contributed by atoms with Crippen LogP contribution in [-0.4, -0.2) is 27.7 Å². The topological polar surface area (TPSA) is 81.4 Å². The smallest absolute Gasteiger partial charge is 0.310 e. The number of carbonyl (C=O) groups is 1. The van der Waals surface area contributed by atoms with Gasteiger partial charge in [0, 0.05) is 23.1 Å². The molecule has 1 N–H and O–H groups in total. The van der Waals surface area contributed by atoms with Crippen LogP contribution >= 0.6 is 11.3 Å². The van der Waals surface area contributed by atoms with E-state index in [4.69, 9.17) is 4.74 Å². The van der Waals surface area contributed by atoms with Gasteiger partial charge in [-0.3, -0.25) is 14.2 Å². The summed E-state index contributed by atoms with van der Waals surface area (Å²) >= 11 is 1.38. The van der Waals surface area contributed by atoms with Crippen LogP contribution in [-0.2, 0) is 11.3 Å². The molecule has 0 saturated heterocycles. The zero-order valence-electron chi connectivity index (χ0n) is 15.1. The maximum atomic E-state index is 13.1. The van der Waals surface area contributed by atoms with E-state index >= 15 is 0 Å². The molecule has 136 valence electrons. The molecule has 0 bridgehead atoms. The summed E-state index contributed by atoms with van der Waals surface area (Å²) in [5.74, 6) is -0.286. The quantitative estimate of drug-likeness (QED) is 0.741. The summed E-state index contributed by atoms with van der Waals surface area (Å²) in [6.45, 7) is 5.20. The number of hydrogen-bond donors (Lipinski definition) is 1. The molecule has 0 spiro atoms. The van der Waals surface area contributed by atoms with E-state index in [-0.39, 0.29) is 12.1 Å². The molecule has 0 atom stereocenters. The standard InChI is InChI=1S/C19H20N2O4S/c1-11-5-6-14(25-4)12(7-11)13-8-26-16-15(13)17(22)21(10-20-16)9-19(2,3)18(23)24/h5-8,10H,9H2,1-4H3,(H,23,24). The van der Waals surface area contributed by atoms with Crippen LogP contribution in [0.1, 0.15) is 19.4 Å². The summed E-state index contributed by atoms with van der Waals surface area (Å²) in [6, 6.07) is 5.79. The van der Waals surface area contributed by atoms with E-state index in [9.17, 15) is 14.7 Å². The Kier molecular flexibility index (Phi) is 4.58. The number of rotatable bonds is 5. The highest BCUT2D eigenvalue weighted by molar-refractivity contribution is 7.17. The summed E-state index contributed by atoms with van der Waals surface area (Å²) in [6.07, 6.45) is 1.42. The van der Waals surface area contributed by atoms with Gasteiger partial charge in [-0.05, 0) is 32.9 Å². The van der Waals surface area contributed by atoms with E-state index < -0.39 is 11.4 Å². The molecular formula is C19H20N2O4S. The van der Waals surface area contributed by atoms with Crippen LogP contribution in [0.2, 0.25) is 0 Å². The van der Waals surface area contributed by atoms with Gasteiger partial charge < -0.3 is 9.84 Å². The number of aryl methyl sites for hydroxylation is 1. The third kappa shape index (κ3) is 3.10. The third-order valence-corrected chi connectivity index (χ3v) is 5.24. The lowest BCUT2D eigenvalue weighted by molar-refractivity contribution is -0.147. The largest absolute Gasteiger partial charge is 0.496 e. The van der Waals surface area contributed by atoms with Crippen molar-refractivity contribution in [2.24, 2.45) is 5.41 Å². The molecule has 0 aliphatic carbocycles. The van der Waals surface area contributed by atoms with E-state index in [2.05, 4.69) is 4.98 Å². The number of thiophene rings is 1. The summed E-state index contributed by atoms with van der Waals surface area (Å²) in [5.41, 5.74) is 1.31. The molecule has 0 unspecified atom stereocenters. The summed E-state index contributed by atoms with van der Waals surface area (Å²) < 4.78 is 6.82. The van der Waals surface area contributed by atoms with E-state index in [0.29, 0.717) is 16.0 Å². The average molecular weight is 372 g/mol.